The van der Waals surface area contributed by atoms with Crippen molar-refractivity contribution in [1.82, 2.24) is 5.32 Å². The van der Waals surface area contributed by atoms with Crippen LogP contribution in [0.15, 0.2) is 0 Å². The number of nitrogens with two attached hydrogens (primary N) is 1. The van der Waals surface area contributed by atoms with Gasteiger partial charge in [0.15, 0.2) is 0 Å². The third-order valence-electron chi connectivity index (χ3n) is 1.78. The Kier molecular flexibility index (Phi) is 2.45. The fraction of sp³-hybridized carbons (Fsp3) is 1.00. The Morgan fingerprint density at radius 1 is 1.56 bits per heavy atom. The van der Waals surface area contributed by atoms with E-state index in [4.69, 9.17) is 10.8 Å². The average Bonchev–Trinajstić information content (AvgIpc) is 1.90. The summed E-state index contributed by atoms with van der Waals surface area (Å²) in [7, 11) is 0. The van der Waals surface area contributed by atoms with Gasteiger partial charge in [0.2, 0.25) is 0 Å². The summed E-state index contributed by atoms with van der Waals surface area (Å²) in [5, 5.41) is 11.8. The Morgan fingerprint density at radius 2 is 2.33 bits per heavy atom. The van der Waals surface area contributed by atoms with Gasteiger partial charge in [0.1, 0.15) is 0 Å². The first kappa shape index (κ1) is 6.99. The van der Waals surface area contributed by atoms with E-state index in [1.807, 2.05) is 0 Å². The average molecular weight is 130 g/mol. The number of nitrogens with one attached hydrogen (secondary N) is 1. The first-order chi connectivity index (χ1) is 4.33. The number of aliphatic hydroxyl groups excluding tert-OH is 1. The number of rotatable bonds is 1. The fourth-order valence-corrected chi connectivity index (χ4v) is 1.09. The van der Waals surface area contributed by atoms with Crippen molar-refractivity contribution in [3.05, 3.63) is 0 Å². The van der Waals surface area contributed by atoms with Gasteiger partial charge in [0, 0.05) is 18.6 Å². The lowest BCUT2D eigenvalue weighted by molar-refractivity contribution is 0.213. The molecular weight excluding hydrogens is 116 g/mol. The Balaban J connectivity index is 2.18. The van der Waals surface area contributed by atoms with Gasteiger partial charge >= 0.3 is 0 Å². The molecule has 0 aromatic rings. The minimum Gasteiger partial charge on any atom is -0.395 e. The second-order valence-electron chi connectivity index (χ2n) is 2.63. The van der Waals surface area contributed by atoms with Crippen LogP contribution >= 0.6 is 0 Å². The Labute approximate surface area is 55.2 Å². The van der Waals surface area contributed by atoms with E-state index in [1.54, 1.807) is 0 Å². The molecule has 0 aliphatic carbocycles. The van der Waals surface area contributed by atoms with E-state index in [9.17, 15) is 0 Å². The number of aliphatic hydroxyl groups is 1. The zero-order valence-electron chi connectivity index (χ0n) is 5.51. The quantitative estimate of drug-likeness (QED) is 0.429. The second-order valence-corrected chi connectivity index (χ2v) is 2.63. The standard InChI is InChI=1S/C6H14N2O/c7-5-1-2-6(4-9)8-3-5/h5-6,8-9H,1-4,7H2. The number of piperidine rings is 1. The van der Waals surface area contributed by atoms with Crippen LogP contribution in [-0.4, -0.2) is 30.3 Å². The molecular formula is C6H14N2O. The van der Waals surface area contributed by atoms with Crippen LogP contribution in [0.2, 0.25) is 0 Å². The van der Waals surface area contributed by atoms with Gasteiger partial charge in [0.25, 0.3) is 0 Å². The summed E-state index contributed by atoms with van der Waals surface area (Å²) in [5.74, 6) is 0. The molecule has 1 aliphatic rings. The molecule has 9 heavy (non-hydrogen) atoms. The summed E-state index contributed by atoms with van der Waals surface area (Å²) in [5.41, 5.74) is 5.61. The van der Waals surface area contributed by atoms with Crippen molar-refractivity contribution < 1.29 is 5.11 Å². The normalized spacial score (nSPS) is 36.7. The second kappa shape index (κ2) is 3.15. The van der Waals surface area contributed by atoms with Gasteiger partial charge < -0.3 is 16.2 Å². The van der Waals surface area contributed by atoms with Crippen LogP contribution in [0.1, 0.15) is 12.8 Å². The lowest BCUT2D eigenvalue weighted by Gasteiger charge is -2.25. The smallest absolute Gasteiger partial charge is 0.0584 e. The molecule has 1 heterocycles. The Hall–Kier alpha value is -0.120. The van der Waals surface area contributed by atoms with E-state index < -0.39 is 0 Å². The molecule has 0 aromatic carbocycles. The molecule has 2 atom stereocenters. The highest BCUT2D eigenvalue weighted by Gasteiger charge is 2.15. The maximum Gasteiger partial charge on any atom is 0.0584 e. The first-order valence-electron chi connectivity index (χ1n) is 3.42. The lowest BCUT2D eigenvalue weighted by Crippen LogP contribution is -2.46. The van der Waals surface area contributed by atoms with Crippen LogP contribution < -0.4 is 11.1 Å². The van der Waals surface area contributed by atoms with E-state index in [2.05, 4.69) is 5.32 Å². The van der Waals surface area contributed by atoms with Crippen molar-refractivity contribution in [2.75, 3.05) is 13.2 Å². The molecule has 1 fully saturated rings. The predicted molar refractivity (Wildman–Crippen MR) is 36.1 cm³/mol. The van der Waals surface area contributed by atoms with Crippen molar-refractivity contribution in [1.29, 1.82) is 0 Å². The van der Waals surface area contributed by atoms with E-state index in [0.29, 0.717) is 12.1 Å². The van der Waals surface area contributed by atoms with E-state index in [1.165, 1.54) is 0 Å². The SMILES string of the molecule is NC1CCC(CO)NC1. The molecule has 1 aliphatic heterocycles. The largest absolute Gasteiger partial charge is 0.395 e. The van der Waals surface area contributed by atoms with E-state index in [0.717, 1.165) is 19.4 Å². The van der Waals surface area contributed by atoms with Crippen LogP contribution in [0.3, 0.4) is 0 Å². The van der Waals surface area contributed by atoms with Crippen LogP contribution in [0.5, 0.6) is 0 Å². The molecule has 0 amide bonds. The minimum absolute atomic E-state index is 0.243. The van der Waals surface area contributed by atoms with Gasteiger partial charge in [-0.25, -0.2) is 0 Å². The summed E-state index contributed by atoms with van der Waals surface area (Å²) in [6.45, 7) is 1.10. The third kappa shape index (κ3) is 1.93. The summed E-state index contributed by atoms with van der Waals surface area (Å²) in [6.07, 6.45) is 2.05. The highest BCUT2D eigenvalue weighted by Crippen LogP contribution is 2.04. The van der Waals surface area contributed by atoms with Crippen LogP contribution in [-0.2, 0) is 0 Å². The molecule has 3 nitrogen and oxygen atoms in total. The van der Waals surface area contributed by atoms with Gasteiger partial charge in [-0.15, -0.1) is 0 Å². The van der Waals surface area contributed by atoms with Crippen LogP contribution in [0, 0.1) is 0 Å². The lowest BCUT2D eigenvalue weighted by atomic mass is 10.0. The zero-order chi connectivity index (χ0) is 6.69. The molecule has 4 N–H and O–H groups in total. The molecule has 0 radical (unpaired) electrons. The molecule has 2 unspecified atom stereocenters. The Morgan fingerprint density at radius 3 is 2.78 bits per heavy atom. The molecule has 0 saturated carbocycles. The van der Waals surface area contributed by atoms with Gasteiger partial charge in [-0.2, -0.15) is 0 Å². The van der Waals surface area contributed by atoms with Crippen LogP contribution in [0.25, 0.3) is 0 Å². The van der Waals surface area contributed by atoms with Crippen molar-refractivity contribution in [2.45, 2.75) is 24.9 Å². The number of hydrogen-bond acceptors (Lipinski definition) is 3. The fourth-order valence-electron chi connectivity index (χ4n) is 1.09. The van der Waals surface area contributed by atoms with Crippen molar-refractivity contribution in [3.63, 3.8) is 0 Å². The van der Waals surface area contributed by atoms with Crippen molar-refractivity contribution in [3.8, 4) is 0 Å². The molecule has 0 aromatic heterocycles. The van der Waals surface area contributed by atoms with Gasteiger partial charge in [-0.1, -0.05) is 0 Å². The molecule has 54 valence electrons. The zero-order valence-corrected chi connectivity index (χ0v) is 5.51. The van der Waals surface area contributed by atoms with Crippen molar-refractivity contribution >= 4 is 0 Å². The van der Waals surface area contributed by atoms with Gasteiger partial charge in [-0.05, 0) is 12.8 Å². The summed E-state index contributed by atoms with van der Waals surface area (Å²) in [4.78, 5) is 0. The van der Waals surface area contributed by atoms with Crippen molar-refractivity contribution in [2.24, 2.45) is 5.73 Å². The first-order valence-corrected chi connectivity index (χ1v) is 3.42. The highest BCUT2D eigenvalue weighted by molar-refractivity contribution is 4.78. The summed E-state index contributed by atoms with van der Waals surface area (Å²) < 4.78 is 0. The van der Waals surface area contributed by atoms with E-state index in [-0.39, 0.29) is 6.61 Å². The van der Waals surface area contributed by atoms with Gasteiger partial charge in [0.05, 0.1) is 6.61 Å². The molecule has 0 spiro atoms. The predicted octanol–water partition coefficient (Wildman–Crippen LogP) is -0.942. The van der Waals surface area contributed by atoms with E-state index >= 15 is 0 Å². The highest BCUT2D eigenvalue weighted by atomic mass is 16.3. The molecule has 0 bridgehead atoms. The topological polar surface area (TPSA) is 58.3 Å². The van der Waals surface area contributed by atoms with Gasteiger partial charge in [-0.3, -0.25) is 0 Å². The molecule has 1 saturated heterocycles. The minimum atomic E-state index is 0.243. The monoisotopic (exact) mass is 130 g/mol. The summed E-state index contributed by atoms with van der Waals surface area (Å²) >= 11 is 0. The third-order valence-corrected chi connectivity index (χ3v) is 1.78. The number of hydrogen-bond donors (Lipinski definition) is 3. The molecule has 1 rings (SSSR count). The van der Waals surface area contributed by atoms with Crippen LogP contribution in [0.4, 0.5) is 0 Å². The molecule has 3 heteroatoms. The maximum atomic E-state index is 8.67. The summed E-state index contributed by atoms with van der Waals surface area (Å²) in [6, 6.07) is 0.595. The Bertz CT molecular complexity index is 79.1. The maximum absolute atomic E-state index is 8.67.